The number of ether oxygens (including phenoxy) is 1. The molecular formula is C29H36N4O4. The summed E-state index contributed by atoms with van der Waals surface area (Å²) in [5.41, 5.74) is 7.19. The number of pyridine rings is 1. The van der Waals surface area contributed by atoms with Crippen LogP contribution in [-0.4, -0.2) is 60.7 Å². The maximum atomic E-state index is 13.1. The van der Waals surface area contributed by atoms with Crippen molar-refractivity contribution in [3.8, 4) is 5.75 Å². The molecule has 0 aliphatic carbocycles. The van der Waals surface area contributed by atoms with Gasteiger partial charge in [-0.05, 0) is 50.0 Å². The molecule has 8 nitrogen and oxygen atoms in total. The van der Waals surface area contributed by atoms with Crippen LogP contribution >= 0.6 is 0 Å². The van der Waals surface area contributed by atoms with Crippen molar-refractivity contribution in [1.29, 1.82) is 0 Å². The lowest BCUT2D eigenvalue weighted by Gasteiger charge is -2.23. The van der Waals surface area contributed by atoms with Crippen LogP contribution in [0.5, 0.6) is 5.75 Å². The number of fused-ring (bicyclic) bond motifs is 2. The molecule has 1 aliphatic heterocycles. The van der Waals surface area contributed by atoms with Gasteiger partial charge in [0.15, 0.2) is 0 Å². The summed E-state index contributed by atoms with van der Waals surface area (Å²) in [7, 11) is 3.29. The maximum absolute atomic E-state index is 13.1. The number of carbonyl (C=O) groups is 2. The van der Waals surface area contributed by atoms with Crippen LogP contribution in [0.4, 0.5) is 5.82 Å². The summed E-state index contributed by atoms with van der Waals surface area (Å²) in [5, 5.41) is 10.8. The van der Waals surface area contributed by atoms with Crippen molar-refractivity contribution >= 4 is 28.5 Å². The molecule has 2 aromatic carbocycles. The van der Waals surface area contributed by atoms with Gasteiger partial charge in [0.2, 0.25) is 0 Å². The van der Waals surface area contributed by atoms with Gasteiger partial charge < -0.3 is 25.4 Å². The van der Waals surface area contributed by atoms with E-state index in [1.807, 2.05) is 37.3 Å². The third kappa shape index (κ3) is 6.34. The van der Waals surface area contributed by atoms with Crippen molar-refractivity contribution in [2.75, 3.05) is 38.7 Å². The van der Waals surface area contributed by atoms with Gasteiger partial charge >= 0.3 is 5.97 Å². The Bertz CT molecular complexity index is 1270. The van der Waals surface area contributed by atoms with Gasteiger partial charge in [-0.25, -0.2) is 9.78 Å². The van der Waals surface area contributed by atoms with Crippen molar-refractivity contribution in [3.63, 3.8) is 0 Å². The van der Waals surface area contributed by atoms with Gasteiger partial charge in [-0.15, -0.1) is 13.2 Å². The first-order valence-electron chi connectivity index (χ1n) is 12.1. The number of nitrogens with two attached hydrogens (primary N) is 1. The fraction of sp³-hybridized carbons (Fsp3) is 0.276. The molecule has 37 heavy (non-hydrogen) atoms. The molecule has 4 rings (SSSR count). The quantitative estimate of drug-likeness (QED) is 0.466. The molecule has 3 aromatic rings. The Morgan fingerprint density at radius 1 is 1.19 bits per heavy atom. The Morgan fingerprint density at radius 2 is 1.86 bits per heavy atom. The predicted molar refractivity (Wildman–Crippen MR) is 149 cm³/mol. The molecule has 0 saturated carbocycles. The largest absolute Gasteiger partial charge is 0.493 e. The average molecular weight is 505 g/mol. The predicted octanol–water partition coefficient (Wildman–Crippen LogP) is 4.75. The standard InChI is InChI=1S/C26H27N3O4.C2H4.CH5N/c1-4-18-16-29(5-2)24-22(25(30)28(18)3)14-17(15-27-24)12-13-33-23-11-10-21(26(31)32)19-8-6-7-9-20(19)23;2*1-2/h4,6-11,14-15H,5,12-13,16H2,1-3H3,(H,31,32);1-2H2;2H2,1H3/b18-4+;;. The van der Waals surface area contributed by atoms with Crippen molar-refractivity contribution in [2.45, 2.75) is 20.3 Å². The molecule has 0 spiro atoms. The number of allylic oxidation sites excluding steroid dienone is 1. The molecule has 8 heteroatoms. The molecule has 1 amide bonds. The number of anilines is 1. The molecule has 0 radical (unpaired) electrons. The fourth-order valence-corrected chi connectivity index (χ4v) is 4.14. The van der Waals surface area contributed by atoms with Gasteiger partial charge in [0.1, 0.15) is 11.6 Å². The van der Waals surface area contributed by atoms with Crippen molar-refractivity contribution in [2.24, 2.45) is 5.73 Å². The highest BCUT2D eigenvalue weighted by Gasteiger charge is 2.27. The van der Waals surface area contributed by atoms with Gasteiger partial charge in [0.05, 0.1) is 24.3 Å². The van der Waals surface area contributed by atoms with E-state index in [0.29, 0.717) is 42.1 Å². The van der Waals surface area contributed by atoms with E-state index in [-0.39, 0.29) is 11.5 Å². The summed E-state index contributed by atoms with van der Waals surface area (Å²) in [6.45, 7) is 11.7. The number of aromatic carboxylic acids is 1. The monoisotopic (exact) mass is 504 g/mol. The summed E-state index contributed by atoms with van der Waals surface area (Å²) in [5.74, 6) is 0.292. The first kappa shape index (κ1) is 29.1. The number of carboxylic acid groups (broad SMARTS) is 1. The molecule has 1 aromatic heterocycles. The van der Waals surface area contributed by atoms with E-state index in [1.54, 1.807) is 36.3 Å². The van der Waals surface area contributed by atoms with E-state index in [0.717, 1.165) is 23.2 Å². The Balaban J connectivity index is 0.00000115. The first-order chi connectivity index (χ1) is 17.9. The number of nitrogens with zero attached hydrogens (tertiary/aromatic N) is 3. The zero-order valence-electron chi connectivity index (χ0n) is 22.0. The third-order valence-corrected chi connectivity index (χ3v) is 6.02. The number of aromatic nitrogens is 1. The highest BCUT2D eigenvalue weighted by atomic mass is 16.5. The number of carboxylic acids is 1. The SMILES string of the molecule is C/C=C1\CN(CC)c2ncc(CCOc3ccc(C(=O)O)c4ccccc34)cc2C(=O)N1C.C=C.CN. The van der Waals surface area contributed by atoms with Crippen molar-refractivity contribution in [3.05, 3.63) is 90.3 Å². The fourth-order valence-electron chi connectivity index (χ4n) is 4.14. The Hall–Kier alpha value is -4.17. The molecule has 0 saturated heterocycles. The second-order valence-electron chi connectivity index (χ2n) is 7.93. The second kappa shape index (κ2) is 13.8. The van der Waals surface area contributed by atoms with Crippen LogP contribution in [-0.2, 0) is 6.42 Å². The molecule has 3 N–H and O–H groups in total. The number of hydrogen-bond donors (Lipinski definition) is 2. The number of rotatable bonds is 6. The Labute approximate surface area is 218 Å². The van der Waals surface area contributed by atoms with E-state index in [2.05, 4.69) is 35.7 Å². The smallest absolute Gasteiger partial charge is 0.336 e. The molecule has 0 fully saturated rings. The summed E-state index contributed by atoms with van der Waals surface area (Å²) in [6.07, 6.45) is 4.32. The highest BCUT2D eigenvalue weighted by molar-refractivity contribution is 6.05. The lowest BCUT2D eigenvalue weighted by Crippen LogP contribution is -2.29. The Morgan fingerprint density at radius 3 is 2.49 bits per heavy atom. The van der Waals surface area contributed by atoms with E-state index < -0.39 is 5.97 Å². The van der Waals surface area contributed by atoms with Crippen LogP contribution in [0.3, 0.4) is 0 Å². The van der Waals surface area contributed by atoms with Crippen LogP contribution in [0.15, 0.2) is 73.6 Å². The number of carbonyl (C=O) groups excluding carboxylic acids is 1. The van der Waals surface area contributed by atoms with E-state index in [1.165, 1.54) is 7.05 Å². The normalized spacial score (nSPS) is 13.6. The minimum absolute atomic E-state index is 0.0698. The molecule has 196 valence electrons. The van der Waals surface area contributed by atoms with Gasteiger partial charge in [-0.2, -0.15) is 0 Å². The molecule has 0 unspecified atom stereocenters. The molecule has 0 atom stereocenters. The van der Waals surface area contributed by atoms with Gasteiger partial charge in [0.25, 0.3) is 5.91 Å². The minimum Gasteiger partial charge on any atom is -0.493 e. The van der Waals surface area contributed by atoms with Crippen LogP contribution < -0.4 is 15.4 Å². The summed E-state index contributed by atoms with van der Waals surface area (Å²) < 4.78 is 6.02. The summed E-state index contributed by atoms with van der Waals surface area (Å²) >= 11 is 0. The molecular weight excluding hydrogens is 468 g/mol. The maximum Gasteiger partial charge on any atom is 0.336 e. The molecule has 1 aliphatic rings. The van der Waals surface area contributed by atoms with Gasteiger partial charge in [-0.1, -0.05) is 30.3 Å². The van der Waals surface area contributed by atoms with Crippen molar-refractivity contribution < 1.29 is 19.4 Å². The molecule has 0 bridgehead atoms. The third-order valence-electron chi connectivity index (χ3n) is 6.02. The summed E-state index contributed by atoms with van der Waals surface area (Å²) in [4.78, 5) is 33.0. The Kier molecular flexibility index (Phi) is 10.8. The van der Waals surface area contributed by atoms with Crippen molar-refractivity contribution in [1.82, 2.24) is 9.88 Å². The van der Waals surface area contributed by atoms with Crippen LogP contribution in [0.2, 0.25) is 0 Å². The van der Waals surface area contributed by atoms with Gasteiger partial charge in [-0.3, -0.25) is 4.79 Å². The number of hydrogen-bond acceptors (Lipinski definition) is 6. The summed E-state index contributed by atoms with van der Waals surface area (Å²) in [6, 6.07) is 12.5. The second-order valence-corrected chi connectivity index (χ2v) is 7.93. The van der Waals surface area contributed by atoms with E-state index >= 15 is 0 Å². The molecule has 2 heterocycles. The highest BCUT2D eigenvalue weighted by Crippen LogP contribution is 2.30. The zero-order valence-corrected chi connectivity index (χ0v) is 22.0. The first-order valence-corrected chi connectivity index (χ1v) is 12.1. The van der Waals surface area contributed by atoms with E-state index in [9.17, 15) is 14.7 Å². The number of amides is 1. The lowest BCUT2D eigenvalue weighted by molar-refractivity contribution is 0.0698. The van der Waals surface area contributed by atoms with Crippen LogP contribution in [0.1, 0.15) is 40.1 Å². The van der Waals surface area contributed by atoms with Crippen LogP contribution in [0.25, 0.3) is 10.8 Å². The van der Waals surface area contributed by atoms with Gasteiger partial charge in [0, 0.05) is 37.3 Å². The minimum atomic E-state index is -0.967. The average Bonchev–Trinajstić information content (AvgIpc) is 3.04. The lowest BCUT2D eigenvalue weighted by atomic mass is 10.0. The van der Waals surface area contributed by atoms with E-state index in [4.69, 9.17) is 4.74 Å². The number of likely N-dealkylation sites (N-methyl/N-ethyl adjacent to an activating group) is 2. The zero-order chi connectivity index (χ0) is 27.5. The topological polar surface area (TPSA) is 109 Å². The number of benzene rings is 2. The van der Waals surface area contributed by atoms with Crippen LogP contribution in [0, 0.1) is 0 Å².